The predicted octanol–water partition coefficient (Wildman–Crippen LogP) is 5.35. The van der Waals surface area contributed by atoms with Crippen LogP contribution in [0.5, 0.6) is 0 Å². The molecule has 1 heterocycles. The van der Waals surface area contributed by atoms with Gasteiger partial charge in [0.15, 0.2) is 0 Å². The van der Waals surface area contributed by atoms with E-state index in [0.717, 1.165) is 24.1 Å². The van der Waals surface area contributed by atoms with Crippen LogP contribution in [0.15, 0.2) is 34.6 Å². The Hall–Kier alpha value is -0.916. The fraction of sp³-hybridized carbons (Fsp3) is 0.588. The Morgan fingerprint density at radius 1 is 1.27 bits per heavy atom. The highest BCUT2D eigenvalue weighted by atomic mass is 28.4. The number of furan rings is 1. The molecule has 5 heteroatoms. The molecule has 1 atom stereocenters. The van der Waals surface area contributed by atoms with Gasteiger partial charge in [-0.3, -0.25) is 0 Å². The Morgan fingerprint density at radius 3 is 2.41 bits per heavy atom. The van der Waals surface area contributed by atoms with Crippen LogP contribution in [-0.2, 0) is 9.22 Å². The van der Waals surface area contributed by atoms with E-state index in [1.54, 1.807) is 6.26 Å². The summed E-state index contributed by atoms with van der Waals surface area (Å²) in [4.78, 5) is 11.0. The zero-order chi connectivity index (χ0) is 16.6. The second-order valence-electron chi connectivity index (χ2n) is 6.96. The van der Waals surface area contributed by atoms with Gasteiger partial charge in [0, 0.05) is 14.5 Å². The van der Waals surface area contributed by atoms with E-state index in [2.05, 4.69) is 45.3 Å². The van der Waals surface area contributed by atoms with Crippen molar-refractivity contribution in [3.8, 4) is 0 Å². The van der Waals surface area contributed by atoms with Crippen LogP contribution in [0.2, 0.25) is 37.8 Å². The molecule has 0 aliphatic rings. The van der Waals surface area contributed by atoms with Crippen LogP contribution in [-0.4, -0.2) is 22.7 Å². The van der Waals surface area contributed by atoms with Crippen molar-refractivity contribution in [2.45, 2.75) is 64.1 Å². The van der Waals surface area contributed by atoms with Gasteiger partial charge in [0.1, 0.15) is 18.2 Å². The quantitative estimate of drug-likeness (QED) is 0.427. The molecule has 0 N–H and O–H groups in total. The normalized spacial score (nSPS) is 14.4. The summed E-state index contributed by atoms with van der Waals surface area (Å²) < 4.78 is 11.9. The van der Waals surface area contributed by atoms with Crippen LogP contribution in [0.4, 0.5) is 0 Å². The third-order valence-corrected chi connectivity index (χ3v) is 9.35. The topological polar surface area (TPSA) is 39.4 Å². The molecule has 0 spiro atoms. The summed E-state index contributed by atoms with van der Waals surface area (Å²) in [5.41, 5.74) is 2.34. The molecular formula is C17H30O3Si2. The largest absolute Gasteiger partial charge is 0.467 e. The highest BCUT2D eigenvalue weighted by molar-refractivity contribution is 6.79. The third-order valence-electron chi connectivity index (χ3n) is 3.90. The molecule has 0 amide bonds. The number of hydrogen-bond donors (Lipinski definition) is 0. The van der Waals surface area contributed by atoms with Crippen molar-refractivity contribution >= 4 is 22.7 Å². The van der Waals surface area contributed by atoms with Gasteiger partial charge in [-0.15, -0.1) is 0 Å². The molecule has 0 aliphatic heterocycles. The van der Waals surface area contributed by atoms with Gasteiger partial charge in [-0.1, -0.05) is 45.3 Å². The van der Waals surface area contributed by atoms with Gasteiger partial charge >= 0.3 is 0 Å². The minimum Gasteiger partial charge on any atom is -0.467 e. The maximum atomic E-state index is 11.0. The van der Waals surface area contributed by atoms with Crippen molar-refractivity contribution < 1.29 is 13.6 Å². The van der Waals surface area contributed by atoms with Crippen LogP contribution in [0, 0.1) is 0 Å². The maximum Gasteiger partial charge on any atom is 0.217 e. The van der Waals surface area contributed by atoms with Gasteiger partial charge in [0.2, 0.25) is 8.32 Å². The number of carbonyl (C=O) groups excluding carboxylic acids is 1. The highest BCUT2D eigenvalue weighted by Crippen LogP contribution is 2.30. The average molecular weight is 339 g/mol. The van der Waals surface area contributed by atoms with E-state index in [-0.39, 0.29) is 6.10 Å². The molecule has 0 saturated heterocycles. The zero-order valence-electron chi connectivity index (χ0n) is 14.6. The maximum absolute atomic E-state index is 11.0. The standard InChI is InChI=1S/C17H30O3Si2/c1-6-22(7-2,15-9-14-21(3,4)5)20-17(11-12-18)16-10-8-13-19-16/h8-10,12-13,15,17H,6-7,11,14H2,1-5H3/b15-9+. The molecule has 0 saturated carbocycles. The first-order chi connectivity index (χ1) is 10.4. The van der Waals surface area contributed by atoms with Crippen molar-refractivity contribution in [2.75, 3.05) is 0 Å². The van der Waals surface area contributed by atoms with Crippen molar-refractivity contribution in [1.82, 2.24) is 0 Å². The second kappa shape index (κ2) is 8.65. The molecule has 0 aliphatic carbocycles. The molecule has 0 fully saturated rings. The Balaban J connectivity index is 2.90. The molecular weight excluding hydrogens is 308 g/mol. The Kier molecular flexibility index (Phi) is 7.52. The lowest BCUT2D eigenvalue weighted by Crippen LogP contribution is -2.36. The van der Waals surface area contributed by atoms with Crippen molar-refractivity contribution in [1.29, 1.82) is 0 Å². The Morgan fingerprint density at radius 2 is 1.95 bits per heavy atom. The van der Waals surface area contributed by atoms with Crippen LogP contribution in [0.25, 0.3) is 0 Å². The van der Waals surface area contributed by atoms with Gasteiger partial charge < -0.3 is 13.6 Å². The Bertz CT molecular complexity index is 457. The Labute approximate surface area is 136 Å². The smallest absolute Gasteiger partial charge is 0.217 e. The lowest BCUT2D eigenvalue weighted by atomic mass is 10.2. The van der Waals surface area contributed by atoms with E-state index in [1.807, 2.05) is 12.1 Å². The zero-order valence-corrected chi connectivity index (χ0v) is 16.6. The van der Waals surface area contributed by atoms with E-state index in [9.17, 15) is 4.79 Å². The number of hydrogen-bond acceptors (Lipinski definition) is 3. The molecule has 0 bridgehead atoms. The molecule has 22 heavy (non-hydrogen) atoms. The van der Waals surface area contributed by atoms with Crippen LogP contribution in [0.3, 0.4) is 0 Å². The van der Waals surface area contributed by atoms with Gasteiger partial charge in [0.05, 0.1) is 6.26 Å². The minimum absolute atomic E-state index is 0.254. The van der Waals surface area contributed by atoms with E-state index in [4.69, 9.17) is 8.84 Å². The molecule has 0 radical (unpaired) electrons. The summed E-state index contributed by atoms with van der Waals surface area (Å²) in [5.74, 6) is 0.754. The molecule has 124 valence electrons. The summed E-state index contributed by atoms with van der Waals surface area (Å²) in [6.45, 7) is 11.5. The van der Waals surface area contributed by atoms with E-state index < -0.39 is 16.4 Å². The van der Waals surface area contributed by atoms with Gasteiger partial charge in [0.25, 0.3) is 0 Å². The molecule has 1 rings (SSSR count). The average Bonchev–Trinajstić information content (AvgIpc) is 2.98. The van der Waals surface area contributed by atoms with Crippen molar-refractivity contribution in [2.24, 2.45) is 0 Å². The summed E-state index contributed by atoms with van der Waals surface area (Å²) in [6, 6.07) is 6.94. The molecule has 1 unspecified atom stereocenters. The number of carbonyl (C=O) groups is 1. The monoisotopic (exact) mass is 338 g/mol. The van der Waals surface area contributed by atoms with Crippen molar-refractivity contribution in [3.63, 3.8) is 0 Å². The summed E-state index contributed by atoms with van der Waals surface area (Å²) >= 11 is 0. The first-order valence-corrected chi connectivity index (χ1v) is 14.3. The molecule has 1 aromatic heterocycles. The lowest BCUT2D eigenvalue weighted by molar-refractivity contribution is -0.109. The first-order valence-electron chi connectivity index (χ1n) is 8.18. The molecule has 3 nitrogen and oxygen atoms in total. The van der Waals surface area contributed by atoms with Gasteiger partial charge in [-0.05, 0) is 30.3 Å². The van der Waals surface area contributed by atoms with E-state index in [1.165, 1.54) is 6.04 Å². The number of aldehydes is 1. The van der Waals surface area contributed by atoms with E-state index in [0.29, 0.717) is 6.42 Å². The van der Waals surface area contributed by atoms with Crippen LogP contribution < -0.4 is 0 Å². The van der Waals surface area contributed by atoms with Gasteiger partial charge in [-0.2, -0.15) is 0 Å². The molecule has 1 aromatic rings. The second-order valence-corrected chi connectivity index (χ2v) is 16.6. The van der Waals surface area contributed by atoms with Crippen LogP contribution in [0.1, 0.15) is 32.1 Å². The fourth-order valence-corrected chi connectivity index (χ4v) is 6.16. The van der Waals surface area contributed by atoms with E-state index >= 15 is 0 Å². The SMILES string of the molecule is CC[Si](/C=C/C[Si](C)(C)C)(CC)OC(CC=O)c1ccco1. The third kappa shape index (κ3) is 6.06. The summed E-state index contributed by atoms with van der Waals surface area (Å²) in [6.07, 6.45) is 4.98. The number of allylic oxidation sites excluding steroid dienone is 1. The number of rotatable bonds is 10. The van der Waals surface area contributed by atoms with Crippen molar-refractivity contribution in [3.05, 3.63) is 35.9 Å². The molecule has 0 aromatic carbocycles. The highest BCUT2D eigenvalue weighted by Gasteiger charge is 2.33. The minimum atomic E-state index is -1.98. The van der Waals surface area contributed by atoms with Crippen LogP contribution >= 0.6 is 0 Å². The first kappa shape index (κ1) is 19.1. The lowest BCUT2D eigenvalue weighted by Gasteiger charge is -2.30. The summed E-state index contributed by atoms with van der Waals surface area (Å²) in [5, 5.41) is 0. The fourth-order valence-electron chi connectivity index (χ4n) is 2.39. The summed E-state index contributed by atoms with van der Waals surface area (Å²) in [7, 11) is -3.06. The van der Waals surface area contributed by atoms with Gasteiger partial charge in [-0.25, -0.2) is 0 Å². The predicted molar refractivity (Wildman–Crippen MR) is 97.2 cm³/mol.